The Morgan fingerprint density at radius 2 is 1.85 bits per heavy atom. The molecule has 0 aliphatic carbocycles. The van der Waals surface area contributed by atoms with E-state index in [2.05, 4.69) is 24.1 Å². The van der Waals surface area contributed by atoms with Gasteiger partial charge < -0.3 is 19.9 Å². The number of carbonyl (C=O) groups is 3. The normalized spacial score (nSPS) is 18.5. The molecule has 2 aromatic rings. The number of alkyl halides is 1. The van der Waals surface area contributed by atoms with Gasteiger partial charge in [0.2, 0.25) is 5.91 Å². The molecule has 8 nitrogen and oxygen atoms in total. The van der Waals surface area contributed by atoms with Gasteiger partial charge in [0.1, 0.15) is 12.2 Å². The van der Waals surface area contributed by atoms with E-state index in [0.29, 0.717) is 11.6 Å². The summed E-state index contributed by atoms with van der Waals surface area (Å²) >= 11 is 0. The summed E-state index contributed by atoms with van der Waals surface area (Å²) in [5.74, 6) is -0.797. The zero-order chi connectivity index (χ0) is 24.8. The summed E-state index contributed by atoms with van der Waals surface area (Å²) in [6, 6.07) is 11.6. The van der Waals surface area contributed by atoms with E-state index in [1.54, 1.807) is 6.20 Å². The molecule has 3 atom stereocenters. The molecule has 0 bridgehead atoms. The van der Waals surface area contributed by atoms with Crippen molar-refractivity contribution in [3.63, 3.8) is 0 Å². The second kappa shape index (κ2) is 11.1. The first kappa shape index (κ1) is 25.1. The SMILES string of the molecule is CC(C)c1ccc(C(NC(=O)C2CC(F)CN2C(=O)COC(=O)N(C)C)c2ccccc2)nc1. The van der Waals surface area contributed by atoms with E-state index in [4.69, 9.17) is 4.74 Å². The van der Waals surface area contributed by atoms with Crippen LogP contribution in [0.5, 0.6) is 0 Å². The monoisotopic (exact) mass is 470 g/mol. The molecule has 1 aromatic heterocycles. The Hall–Kier alpha value is -3.49. The van der Waals surface area contributed by atoms with E-state index in [9.17, 15) is 18.8 Å². The summed E-state index contributed by atoms with van der Waals surface area (Å²) in [7, 11) is 2.98. The number of benzene rings is 1. The van der Waals surface area contributed by atoms with Gasteiger partial charge in [0.15, 0.2) is 6.61 Å². The van der Waals surface area contributed by atoms with E-state index in [0.717, 1.165) is 16.0 Å². The molecule has 3 rings (SSSR count). The van der Waals surface area contributed by atoms with E-state index in [-0.39, 0.29) is 13.0 Å². The van der Waals surface area contributed by atoms with Crippen LogP contribution >= 0.6 is 0 Å². The second-order valence-corrected chi connectivity index (χ2v) is 8.87. The van der Waals surface area contributed by atoms with Crippen molar-refractivity contribution < 1.29 is 23.5 Å². The molecular formula is C25H31FN4O4. The van der Waals surface area contributed by atoms with Crippen molar-refractivity contribution in [2.75, 3.05) is 27.2 Å². The Balaban J connectivity index is 1.79. The maximum absolute atomic E-state index is 14.3. The van der Waals surface area contributed by atoms with Gasteiger partial charge in [-0.15, -0.1) is 0 Å². The summed E-state index contributed by atoms with van der Waals surface area (Å²) in [6.45, 7) is 3.35. The van der Waals surface area contributed by atoms with Crippen molar-refractivity contribution in [2.24, 2.45) is 0 Å². The summed E-state index contributed by atoms with van der Waals surface area (Å²) in [5, 5.41) is 2.95. The summed E-state index contributed by atoms with van der Waals surface area (Å²) in [5.41, 5.74) is 2.52. The fraction of sp³-hybridized carbons (Fsp3) is 0.440. The third-order valence-corrected chi connectivity index (χ3v) is 5.75. The van der Waals surface area contributed by atoms with Gasteiger partial charge in [-0.05, 0) is 23.1 Å². The van der Waals surface area contributed by atoms with Crippen molar-refractivity contribution in [2.45, 2.75) is 44.4 Å². The van der Waals surface area contributed by atoms with Gasteiger partial charge in [0.05, 0.1) is 18.3 Å². The van der Waals surface area contributed by atoms with Gasteiger partial charge in [-0.25, -0.2) is 9.18 Å². The molecule has 0 radical (unpaired) electrons. The Kier molecular flexibility index (Phi) is 8.20. The molecule has 182 valence electrons. The van der Waals surface area contributed by atoms with Crippen LogP contribution in [0.1, 0.15) is 49.0 Å². The van der Waals surface area contributed by atoms with Gasteiger partial charge in [0, 0.05) is 26.7 Å². The number of pyridine rings is 1. The highest BCUT2D eigenvalue weighted by molar-refractivity contribution is 5.90. The largest absolute Gasteiger partial charge is 0.439 e. The van der Waals surface area contributed by atoms with Crippen molar-refractivity contribution in [3.05, 3.63) is 65.5 Å². The number of likely N-dealkylation sites (tertiary alicyclic amines) is 1. The lowest BCUT2D eigenvalue weighted by atomic mass is 10.00. The van der Waals surface area contributed by atoms with Gasteiger partial charge in [-0.2, -0.15) is 0 Å². The number of halogens is 1. The number of amides is 3. The lowest BCUT2D eigenvalue weighted by molar-refractivity contribution is -0.141. The minimum Gasteiger partial charge on any atom is -0.439 e. The molecule has 3 amide bonds. The molecule has 1 aromatic carbocycles. The first-order valence-electron chi connectivity index (χ1n) is 11.3. The quantitative estimate of drug-likeness (QED) is 0.672. The van der Waals surface area contributed by atoms with Crippen LogP contribution < -0.4 is 5.32 Å². The summed E-state index contributed by atoms with van der Waals surface area (Å²) < 4.78 is 19.2. The fourth-order valence-corrected chi connectivity index (χ4v) is 3.79. The van der Waals surface area contributed by atoms with Gasteiger partial charge in [-0.3, -0.25) is 14.6 Å². The average molecular weight is 471 g/mol. The minimum absolute atomic E-state index is 0.125. The molecule has 34 heavy (non-hydrogen) atoms. The standard InChI is InChI=1S/C25H31FN4O4/c1-16(2)18-10-11-20(27-13-18)23(17-8-6-5-7-9-17)28-24(32)21-12-19(26)14-30(21)22(31)15-34-25(33)29(3)4/h5-11,13,16,19,21,23H,12,14-15H2,1-4H3,(H,28,32). The average Bonchev–Trinajstić information content (AvgIpc) is 3.23. The summed E-state index contributed by atoms with van der Waals surface area (Å²) in [4.78, 5) is 44.4. The topological polar surface area (TPSA) is 91.8 Å². The zero-order valence-electron chi connectivity index (χ0n) is 19.9. The van der Waals surface area contributed by atoms with Crippen LogP contribution in [0.4, 0.5) is 9.18 Å². The number of nitrogens with one attached hydrogen (secondary N) is 1. The predicted molar refractivity (Wildman–Crippen MR) is 125 cm³/mol. The minimum atomic E-state index is -1.34. The molecule has 0 saturated carbocycles. The zero-order valence-corrected chi connectivity index (χ0v) is 19.9. The molecule has 1 aliphatic rings. The maximum atomic E-state index is 14.3. The highest BCUT2D eigenvalue weighted by atomic mass is 19.1. The van der Waals surface area contributed by atoms with Crippen LogP contribution in [0.15, 0.2) is 48.7 Å². The van der Waals surface area contributed by atoms with Crippen molar-refractivity contribution in [3.8, 4) is 0 Å². The second-order valence-electron chi connectivity index (χ2n) is 8.87. The lowest BCUT2D eigenvalue weighted by Gasteiger charge is -2.26. The van der Waals surface area contributed by atoms with Gasteiger partial charge >= 0.3 is 6.09 Å². The number of rotatable bonds is 7. The molecule has 1 fully saturated rings. The van der Waals surface area contributed by atoms with Crippen LogP contribution in [-0.4, -0.2) is 72.2 Å². The van der Waals surface area contributed by atoms with E-state index >= 15 is 0 Å². The van der Waals surface area contributed by atoms with Gasteiger partial charge in [-0.1, -0.05) is 50.2 Å². The van der Waals surface area contributed by atoms with Crippen LogP contribution in [0, 0.1) is 0 Å². The highest BCUT2D eigenvalue weighted by Gasteiger charge is 2.41. The van der Waals surface area contributed by atoms with Crippen LogP contribution in [-0.2, 0) is 14.3 Å². The fourth-order valence-electron chi connectivity index (χ4n) is 3.79. The molecule has 9 heteroatoms. The first-order chi connectivity index (χ1) is 16.2. The van der Waals surface area contributed by atoms with Crippen LogP contribution in [0.25, 0.3) is 0 Å². The number of nitrogens with zero attached hydrogens (tertiary/aromatic N) is 3. The molecule has 1 saturated heterocycles. The van der Waals surface area contributed by atoms with Gasteiger partial charge in [0.25, 0.3) is 5.91 Å². The van der Waals surface area contributed by atoms with Crippen molar-refractivity contribution in [1.82, 2.24) is 20.1 Å². The van der Waals surface area contributed by atoms with Crippen LogP contribution in [0.2, 0.25) is 0 Å². The Labute approximate surface area is 199 Å². The molecule has 3 unspecified atom stereocenters. The number of carbonyl (C=O) groups excluding carboxylic acids is 3. The number of hydrogen-bond acceptors (Lipinski definition) is 5. The molecular weight excluding hydrogens is 439 g/mol. The third-order valence-electron chi connectivity index (χ3n) is 5.75. The van der Waals surface area contributed by atoms with Crippen molar-refractivity contribution in [1.29, 1.82) is 0 Å². The van der Waals surface area contributed by atoms with Crippen LogP contribution in [0.3, 0.4) is 0 Å². The summed E-state index contributed by atoms with van der Waals surface area (Å²) in [6.07, 6.45) is -0.377. The van der Waals surface area contributed by atoms with E-state index in [1.165, 1.54) is 19.0 Å². The molecule has 2 heterocycles. The number of ether oxygens (including phenoxy) is 1. The Bertz CT molecular complexity index is 998. The van der Waals surface area contributed by atoms with E-state index in [1.807, 2.05) is 42.5 Å². The lowest BCUT2D eigenvalue weighted by Crippen LogP contribution is -2.48. The number of hydrogen-bond donors (Lipinski definition) is 1. The molecule has 1 aliphatic heterocycles. The Morgan fingerprint density at radius 1 is 1.15 bits per heavy atom. The predicted octanol–water partition coefficient (Wildman–Crippen LogP) is 3.05. The molecule has 1 N–H and O–H groups in total. The Morgan fingerprint density at radius 3 is 2.44 bits per heavy atom. The smallest absolute Gasteiger partial charge is 0.409 e. The maximum Gasteiger partial charge on any atom is 0.409 e. The first-order valence-corrected chi connectivity index (χ1v) is 11.3. The van der Waals surface area contributed by atoms with Crippen molar-refractivity contribution >= 4 is 17.9 Å². The molecule has 0 spiro atoms. The van der Waals surface area contributed by atoms with E-state index < -0.39 is 42.8 Å². The number of aromatic nitrogens is 1. The third kappa shape index (κ3) is 6.09. The highest BCUT2D eigenvalue weighted by Crippen LogP contribution is 2.25.